The zero-order chi connectivity index (χ0) is 19.3. The van der Waals surface area contributed by atoms with Crippen LogP contribution in [0.1, 0.15) is 0 Å². The maximum absolute atomic E-state index is 13.4. The van der Waals surface area contributed by atoms with Gasteiger partial charge in [-0.1, -0.05) is 0 Å². The van der Waals surface area contributed by atoms with Crippen molar-refractivity contribution in [1.29, 1.82) is 0 Å². The maximum Gasteiger partial charge on any atom is 0.382 e. The first-order chi connectivity index (χ1) is 10.3. The van der Waals surface area contributed by atoms with Gasteiger partial charge in [-0.15, -0.1) is 0 Å². The molecule has 0 saturated heterocycles. The predicted molar refractivity (Wildman–Crippen MR) is 45.9 cm³/mol. The van der Waals surface area contributed by atoms with Crippen LogP contribution in [0, 0.1) is 0 Å². The Labute approximate surface area is 121 Å². The van der Waals surface area contributed by atoms with Crippen LogP contribution in [0.4, 0.5) is 61.5 Å². The molecule has 0 saturated carbocycles. The summed E-state index contributed by atoms with van der Waals surface area (Å²) < 4.78 is 184. The van der Waals surface area contributed by atoms with Crippen LogP contribution in [-0.4, -0.2) is 35.5 Å². The van der Waals surface area contributed by atoms with Crippen molar-refractivity contribution in [3.63, 3.8) is 0 Å². The topological polar surface area (TPSA) is 0 Å². The highest BCUT2D eigenvalue weighted by Crippen LogP contribution is 2.69. The lowest BCUT2D eigenvalue weighted by Gasteiger charge is -2.47. The largest absolute Gasteiger partial charge is 0.382 e. The van der Waals surface area contributed by atoms with Gasteiger partial charge in [0.1, 0.15) is 0 Å². The number of allylic oxidation sites excluding steroid dienone is 4. The van der Waals surface area contributed by atoms with Gasteiger partial charge in [0.05, 0.1) is 11.1 Å². The maximum atomic E-state index is 13.4. The van der Waals surface area contributed by atoms with E-state index in [4.69, 9.17) is 0 Å². The van der Waals surface area contributed by atoms with Gasteiger partial charge in [-0.05, 0) is 0 Å². The molecule has 0 aliphatic heterocycles. The quantitative estimate of drug-likeness (QED) is 0.393. The van der Waals surface area contributed by atoms with Crippen molar-refractivity contribution in [2.24, 2.45) is 0 Å². The lowest BCUT2D eigenvalue weighted by Crippen LogP contribution is -2.71. The molecule has 2 aliphatic rings. The molecule has 24 heavy (non-hydrogen) atoms. The molecule has 0 aromatic heterocycles. The standard InChI is InChI=1S/C10F14/c11-3-4(12)6(15,16)2-1(5(3,13)14)7(17,18)9(21,22)10(23,24)8(2,19)20. The Morgan fingerprint density at radius 2 is 0.625 bits per heavy atom. The van der Waals surface area contributed by atoms with Crippen molar-refractivity contribution in [3.8, 4) is 0 Å². The molecule has 0 heterocycles. The fraction of sp³-hybridized carbons (Fsp3) is 0.600. The van der Waals surface area contributed by atoms with Crippen LogP contribution in [-0.2, 0) is 0 Å². The molecule has 0 amide bonds. The average Bonchev–Trinajstić information content (AvgIpc) is 2.38. The first-order valence-corrected chi connectivity index (χ1v) is 5.40. The van der Waals surface area contributed by atoms with Gasteiger partial charge in [-0.25, -0.2) is 8.78 Å². The minimum Gasteiger partial charge on any atom is -0.202 e. The molecule has 14 heteroatoms. The van der Waals surface area contributed by atoms with E-state index >= 15 is 0 Å². The first kappa shape index (κ1) is 18.8. The van der Waals surface area contributed by atoms with Crippen molar-refractivity contribution in [3.05, 3.63) is 22.8 Å². The van der Waals surface area contributed by atoms with E-state index in [9.17, 15) is 61.5 Å². The van der Waals surface area contributed by atoms with E-state index in [1.165, 1.54) is 0 Å². The van der Waals surface area contributed by atoms with Crippen molar-refractivity contribution in [2.75, 3.05) is 0 Å². The Morgan fingerprint density at radius 1 is 0.417 bits per heavy atom. The fourth-order valence-corrected chi connectivity index (χ4v) is 2.23. The Hall–Kier alpha value is -1.50. The Balaban J connectivity index is 3.08. The van der Waals surface area contributed by atoms with Gasteiger partial charge in [0.15, 0.2) is 0 Å². The highest BCUT2D eigenvalue weighted by atomic mass is 19.4. The summed E-state index contributed by atoms with van der Waals surface area (Å²) in [5, 5.41) is 0. The highest BCUT2D eigenvalue weighted by Gasteiger charge is 2.91. The third-order valence-electron chi connectivity index (χ3n) is 3.43. The Morgan fingerprint density at radius 3 is 0.833 bits per heavy atom. The molecule has 0 nitrogen and oxygen atoms in total. The van der Waals surface area contributed by atoms with E-state index < -0.39 is 58.3 Å². The minimum atomic E-state index is -7.31. The monoisotopic (exact) mass is 386 g/mol. The lowest BCUT2D eigenvalue weighted by atomic mass is 9.72. The summed E-state index contributed by atoms with van der Waals surface area (Å²) in [5.74, 6) is -49.7. The molecular formula is C10F14. The molecule has 0 N–H and O–H groups in total. The summed E-state index contributed by atoms with van der Waals surface area (Å²) in [7, 11) is 0. The number of alkyl halides is 12. The highest BCUT2D eigenvalue weighted by molar-refractivity contribution is 5.55. The van der Waals surface area contributed by atoms with Gasteiger partial charge < -0.3 is 0 Å². The number of halogens is 14. The van der Waals surface area contributed by atoms with Crippen molar-refractivity contribution in [2.45, 2.75) is 35.5 Å². The molecule has 0 aromatic carbocycles. The molecule has 2 aliphatic carbocycles. The Bertz CT molecular complexity index is 607. The van der Waals surface area contributed by atoms with Crippen LogP contribution in [0.15, 0.2) is 22.8 Å². The zero-order valence-electron chi connectivity index (χ0n) is 10.3. The molecule has 0 aromatic rings. The number of hydrogen-bond donors (Lipinski definition) is 0. The molecule has 0 fully saturated rings. The second-order valence-corrected chi connectivity index (χ2v) is 4.82. The van der Waals surface area contributed by atoms with Crippen LogP contribution in [0.3, 0.4) is 0 Å². The first-order valence-electron chi connectivity index (χ1n) is 5.40. The lowest BCUT2D eigenvalue weighted by molar-refractivity contribution is -0.369. The minimum absolute atomic E-state index is 4.07. The summed E-state index contributed by atoms with van der Waals surface area (Å²) >= 11 is 0. The van der Waals surface area contributed by atoms with E-state index in [0.29, 0.717) is 0 Å². The van der Waals surface area contributed by atoms with Gasteiger partial charge in [0.2, 0.25) is 11.7 Å². The fourth-order valence-electron chi connectivity index (χ4n) is 2.23. The van der Waals surface area contributed by atoms with Crippen LogP contribution in [0.25, 0.3) is 0 Å². The zero-order valence-corrected chi connectivity index (χ0v) is 10.3. The molecule has 0 atom stereocenters. The van der Waals surface area contributed by atoms with E-state index in [1.54, 1.807) is 0 Å². The van der Waals surface area contributed by atoms with Gasteiger partial charge in [-0.2, -0.15) is 52.7 Å². The summed E-state index contributed by atoms with van der Waals surface area (Å²) in [6.07, 6.45) is 0. The molecule has 0 unspecified atom stereocenters. The third kappa shape index (κ3) is 1.61. The molecular weight excluding hydrogens is 386 g/mol. The third-order valence-corrected chi connectivity index (χ3v) is 3.43. The molecule has 2 rings (SSSR count). The molecule has 0 spiro atoms. The average molecular weight is 386 g/mol. The SMILES string of the molecule is FC1=C(F)C(F)(F)C2=C(C1(F)F)C(F)(F)C(F)(F)C(F)(F)C2(F)F. The molecule has 0 bridgehead atoms. The van der Waals surface area contributed by atoms with Gasteiger partial charge >= 0.3 is 35.5 Å². The summed E-state index contributed by atoms with van der Waals surface area (Å²) in [5.41, 5.74) is -8.61. The number of hydrogen-bond acceptors (Lipinski definition) is 0. The van der Waals surface area contributed by atoms with Gasteiger partial charge in [-0.3, -0.25) is 0 Å². The summed E-state index contributed by atoms with van der Waals surface area (Å²) in [4.78, 5) is 0. The van der Waals surface area contributed by atoms with Crippen LogP contribution < -0.4 is 0 Å². The summed E-state index contributed by atoms with van der Waals surface area (Å²) in [6, 6.07) is 0. The van der Waals surface area contributed by atoms with E-state index in [2.05, 4.69) is 0 Å². The van der Waals surface area contributed by atoms with Crippen molar-refractivity contribution < 1.29 is 61.5 Å². The number of rotatable bonds is 0. The van der Waals surface area contributed by atoms with Crippen LogP contribution >= 0.6 is 0 Å². The predicted octanol–water partition coefficient (Wildman–Crippen LogP) is 5.27. The van der Waals surface area contributed by atoms with E-state index in [1.807, 2.05) is 0 Å². The molecule has 0 radical (unpaired) electrons. The van der Waals surface area contributed by atoms with Crippen LogP contribution in [0.5, 0.6) is 0 Å². The normalized spacial score (nSPS) is 31.8. The second-order valence-electron chi connectivity index (χ2n) is 4.82. The van der Waals surface area contributed by atoms with E-state index in [0.717, 1.165) is 0 Å². The second kappa shape index (κ2) is 4.18. The van der Waals surface area contributed by atoms with Crippen molar-refractivity contribution in [1.82, 2.24) is 0 Å². The smallest absolute Gasteiger partial charge is 0.202 e. The van der Waals surface area contributed by atoms with Crippen molar-refractivity contribution >= 4 is 0 Å². The van der Waals surface area contributed by atoms with E-state index in [-0.39, 0.29) is 0 Å². The van der Waals surface area contributed by atoms with Gasteiger partial charge in [0.25, 0.3) is 0 Å². The Kier molecular flexibility index (Phi) is 3.28. The van der Waals surface area contributed by atoms with Crippen LogP contribution in [0.2, 0.25) is 0 Å². The molecule has 138 valence electrons. The van der Waals surface area contributed by atoms with Gasteiger partial charge in [0, 0.05) is 0 Å². The summed E-state index contributed by atoms with van der Waals surface area (Å²) in [6.45, 7) is 0.